The molecule has 3 N–H and O–H groups in total. The smallest absolute Gasteiger partial charge is 0.224 e. The molecule has 0 bridgehead atoms. The van der Waals surface area contributed by atoms with Crippen molar-refractivity contribution in [2.45, 2.75) is 38.3 Å². The average molecular weight is 497 g/mol. The van der Waals surface area contributed by atoms with Crippen LogP contribution in [0.1, 0.15) is 30.4 Å². The molecular formula is C27H29FN2O4S. The van der Waals surface area contributed by atoms with E-state index in [2.05, 4.69) is 4.72 Å². The number of primary amides is 1. The third-order valence-electron chi connectivity index (χ3n) is 6.52. The number of hydrogen-bond acceptors (Lipinski definition) is 4. The lowest BCUT2D eigenvalue weighted by Crippen LogP contribution is -2.40. The van der Waals surface area contributed by atoms with Gasteiger partial charge in [0.05, 0.1) is 11.7 Å². The second-order valence-corrected chi connectivity index (χ2v) is 11.0. The van der Waals surface area contributed by atoms with Gasteiger partial charge in [0.1, 0.15) is 18.2 Å². The van der Waals surface area contributed by atoms with E-state index in [4.69, 9.17) is 10.5 Å². The van der Waals surface area contributed by atoms with E-state index >= 15 is 0 Å². The van der Waals surface area contributed by atoms with Gasteiger partial charge in [0.25, 0.3) is 0 Å². The minimum absolute atomic E-state index is 0.0942. The van der Waals surface area contributed by atoms with E-state index in [9.17, 15) is 17.6 Å². The predicted molar refractivity (Wildman–Crippen MR) is 134 cm³/mol. The summed E-state index contributed by atoms with van der Waals surface area (Å²) in [5.74, 6) is -0.319. The molecule has 1 aliphatic rings. The molecule has 4 rings (SSSR count). The predicted octanol–water partition coefficient (Wildman–Crippen LogP) is 4.19. The van der Waals surface area contributed by atoms with Gasteiger partial charge in [-0.25, -0.2) is 17.5 Å². The van der Waals surface area contributed by atoms with Gasteiger partial charge < -0.3 is 10.5 Å². The van der Waals surface area contributed by atoms with Crippen LogP contribution in [0.15, 0.2) is 72.8 Å². The Kier molecular flexibility index (Phi) is 7.23. The first-order valence-corrected chi connectivity index (χ1v) is 13.4. The Hall–Kier alpha value is -3.23. The molecule has 0 heterocycles. The number of carbonyl (C=O) groups is 1. The molecule has 0 saturated heterocycles. The molecule has 6 nitrogen and oxygen atoms in total. The topological polar surface area (TPSA) is 98.5 Å². The van der Waals surface area contributed by atoms with Gasteiger partial charge in [-0.05, 0) is 60.6 Å². The summed E-state index contributed by atoms with van der Waals surface area (Å²) < 4.78 is 46.9. The van der Waals surface area contributed by atoms with Crippen molar-refractivity contribution in [1.82, 2.24) is 4.72 Å². The van der Waals surface area contributed by atoms with Crippen molar-refractivity contribution < 1.29 is 22.3 Å². The number of nitrogens with one attached hydrogen (secondary N) is 1. The maximum Gasteiger partial charge on any atom is 0.224 e. The van der Waals surface area contributed by atoms with Crippen LogP contribution in [-0.2, 0) is 27.8 Å². The van der Waals surface area contributed by atoms with Gasteiger partial charge >= 0.3 is 0 Å². The number of nitrogens with two attached hydrogens (primary N) is 1. The Bertz CT molecular complexity index is 1310. The number of sulfonamides is 1. The Morgan fingerprint density at radius 1 is 1.11 bits per heavy atom. The third-order valence-corrected chi connectivity index (χ3v) is 7.28. The summed E-state index contributed by atoms with van der Waals surface area (Å²) in [5.41, 5.74) is 7.70. The molecule has 1 saturated carbocycles. The van der Waals surface area contributed by atoms with Crippen LogP contribution in [-0.4, -0.2) is 26.6 Å². The largest absolute Gasteiger partial charge is 0.488 e. The molecule has 0 aliphatic heterocycles. The number of ether oxygens (including phenoxy) is 1. The number of hydrogen-bond donors (Lipinski definition) is 2. The van der Waals surface area contributed by atoms with Crippen LogP contribution in [0, 0.1) is 11.2 Å². The summed E-state index contributed by atoms with van der Waals surface area (Å²) >= 11 is 0. The zero-order chi connectivity index (χ0) is 25.1. The second kappa shape index (κ2) is 10.2. The summed E-state index contributed by atoms with van der Waals surface area (Å²) in [6.07, 6.45) is 2.26. The normalized spacial score (nSPS) is 20.0. The molecule has 3 aromatic rings. The maximum atomic E-state index is 14.9. The molecule has 0 aromatic heterocycles. The molecule has 35 heavy (non-hydrogen) atoms. The highest BCUT2D eigenvalue weighted by Gasteiger charge is 2.45. The van der Waals surface area contributed by atoms with E-state index in [0.717, 1.165) is 22.9 Å². The second-order valence-electron chi connectivity index (χ2n) is 9.23. The number of benzene rings is 3. The molecule has 0 spiro atoms. The number of amides is 1. The Morgan fingerprint density at radius 3 is 2.54 bits per heavy atom. The van der Waals surface area contributed by atoms with E-state index in [0.29, 0.717) is 30.8 Å². The van der Waals surface area contributed by atoms with Crippen LogP contribution in [0.2, 0.25) is 0 Å². The first kappa shape index (κ1) is 24.9. The van der Waals surface area contributed by atoms with Crippen molar-refractivity contribution in [2.24, 2.45) is 11.1 Å². The first-order chi connectivity index (χ1) is 16.7. The summed E-state index contributed by atoms with van der Waals surface area (Å²) in [6.45, 7) is 0.394. The van der Waals surface area contributed by atoms with E-state index in [1.54, 1.807) is 12.1 Å². The van der Waals surface area contributed by atoms with E-state index < -0.39 is 33.2 Å². The van der Waals surface area contributed by atoms with Gasteiger partial charge in [-0.2, -0.15) is 0 Å². The van der Waals surface area contributed by atoms with E-state index in [1.165, 1.54) is 6.07 Å². The van der Waals surface area contributed by atoms with Gasteiger partial charge in [-0.3, -0.25) is 4.79 Å². The van der Waals surface area contributed by atoms with Crippen molar-refractivity contribution in [3.63, 3.8) is 0 Å². The van der Waals surface area contributed by atoms with Crippen molar-refractivity contribution in [1.29, 1.82) is 0 Å². The fraction of sp³-hybridized carbons (Fsp3) is 0.296. The van der Waals surface area contributed by atoms with Gasteiger partial charge in [0, 0.05) is 11.6 Å². The van der Waals surface area contributed by atoms with E-state index in [-0.39, 0.29) is 12.8 Å². The molecule has 184 valence electrons. The molecule has 1 fully saturated rings. The molecule has 3 aromatic carbocycles. The number of rotatable bonds is 9. The lowest BCUT2D eigenvalue weighted by atomic mass is 9.78. The van der Waals surface area contributed by atoms with Gasteiger partial charge in [0.15, 0.2) is 0 Å². The van der Waals surface area contributed by atoms with Crippen LogP contribution in [0.5, 0.6) is 5.75 Å². The number of halogens is 1. The Morgan fingerprint density at radius 2 is 1.83 bits per heavy atom. The van der Waals surface area contributed by atoms with Crippen LogP contribution in [0.3, 0.4) is 0 Å². The van der Waals surface area contributed by atoms with Crippen molar-refractivity contribution in [3.05, 3.63) is 89.7 Å². The lowest BCUT2D eigenvalue weighted by Gasteiger charge is -2.26. The minimum atomic E-state index is -3.43. The van der Waals surface area contributed by atoms with Crippen LogP contribution >= 0.6 is 0 Å². The zero-order valence-corrected chi connectivity index (χ0v) is 20.4. The van der Waals surface area contributed by atoms with E-state index in [1.807, 2.05) is 54.6 Å². The fourth-order valence-corrected chi connectivity index (χ4v) is 5.62. The SMILES string of the molecule is CS(=O)(=O)N[C@H]1CC[C@](Cc2cc(-c3ccccc3OCc3ccccc3)ccc2F)(C(N)=O)C1. The zero-order valence-electron chi connectivity index (χ0n) is 19.5. The summed E-state index contributed by atoms with van der Waals surface area (Å²) in [7, 11) is -3.43. The monoisotopic (exact) mass is 496 g/mol. The van der Waals surface area contributed by atoms with Gasteiger partial charge in [0.2, 0.25) is 15.9 Å². The fourth-order valence-electron chi connectivity index (χ4n) is 4.81. The summed E-state index contributed by atoms with van der Waals surface area (Å²) in [4.78, 5) is 12.5. The highest BCUT2D eigenvalue weighted by molar-refractivity contribution is 7.88. The van der Waals surface area contributed by atoms with Crippen LogP contribution < -0.4 is 15.2 Å². The van der Waals surface area contributed by atoms with Gasteiger partial charge in [-0.1, -0.05) is 54.6 Å². The van der Waals surface area contributed by atoms with Crippen LogP contribution in [0.25, 0.3) is 11.1 Å². The number of carbonyl (C=O) groups excluding carboxylic acids is 1. The third kappa shape index (κ3) is 6.07. The van der Waals surface area contributed by atoms with Crippen molar-refractivity contribution in [3.8, 4) is 16.9 Å². The van der Waals surface area contributed by atoms with Crippen molar-refractivity contribution in [2.75, 3.05) is 6.26 Å². The molecule has 1 amide bonds. The molecule has 1 aliphatic carbocycles. The molecule has 0 radical (unpaired) electrons. The molecule has 8 heteroatoms. The van der Waals surface area contributed by atoms with Gasteiger partial charge in [-0.15, -0.1) is 0 Å². The Balaban J connectivity index is 1.59. The number of para-hydroxylation sites is 1. The maximum absolute atomic E-state index is 14.9. The average Bonchev–Trinajstić information content (AvgIpc) is 3.22. The Labute approximate surface area is 205 Å². The highest BCUT2D eigenvalue weighted by Crippen LogP contribution is 2.42. The lowest BCUT2D eigenvalue weighted by molar-refractivity contribution is -0.127. The standard InChI is InChI=1S/C27H29FN2O4S/c1-35(32,33)30-22-13-14-27(17-22,26(29)31)16-21-15-20(11-12-24(21)28)23-9-5-6-10-25(23)34-18-19-7-3-2-4-8-19/h2-12,15,22,30H,13-14,16-18H2,1H3,(H2,29,31)/t22-,27+/m0/s1. The highest BCUT2D eigenvalue weighted by atomic mass is 32.2. The molecule has 0 unspecified atom stereocenters. The summed E-state index contributed by atoms with van der Waals surface area (Å²) in [6, 6.07) is 21.7. The quantitative estimate of drug-likeness (QED) is 0.464. The first-order valence-electron chi connectivity index (χ1n) is 11.5. The molecular weight excluding hydrogens is 467 g/mol. The van der Waals surface area contributed by atoms with Crippen LogP contribution in [0.4, 0.5) is 4.39 Å². The van der Waals surface area contributed by atoms with Crippen molar-refractivity contribution >= 4 is 15.9 Å². The molecule has 2 atom stereocenters. The minimum Gasteiger partial charge on any atom is -0.488 e. The summed E-state index contributed by atoms with van der Waals surface area (Å²) in [5, 5.41) is 0.